The highest BCUT2D eigenvalue weighted by atomic mass is 35.5. The molecular formula is C19H17ClN2O2. The fourth-order valence-electron chi connectivity index (χ4n) is 2.40. The second-order valence-corrected chi connectivity index (χ2v) is 5.80. The molecule has 3 rings (SSSR count). The van der Waals surface area contributed by atoms with E-state index < -0.39 is 0 Å². The number of hydrogen-bond donors (Lipinski definition) is 2. The smallest absolute Gasteiger partial charge is 0.319 e. The Labute approximate surface area is 145 Å². The van der Waals surface area contributed by atoms with E-state index in [9.17, 15) is 4.79 Å². The van der Waals surface area contributed by atoms with E-state index in [1.54, 1.807) is 31.4 Å². The van der Waals surface area contributed by atoms with Gasteiger partial charge >= 0.3 is 6.03 Å². The average Bonchev–Trinajstić information content (AvgIpc) is 2.61. The number of carbonyl (C=O) groups is 1. The number of urea groups is 1. The Kier molecular flexibility index (Phi) is 4.87. The van der Waals surface area contributed by atoms with Crippen molar-refractivity contribution in [1.82, 2.24) is 5.32 Å². The second-order valence-electron chi connectivity index (χ2n) is 5.36. The van der Waals surface area contributed by atoms with Gasteiger partial charge in [0, 0.05) is 17.3 Å². The molecule has 24 heavy (non-hydrogen) atoms. The van der Waals surface area contributed by atoms with Crippen molar-refractivity contribution in [2.45, 2.75) is 6.54 Å². The van der Waals surface area contributed by atoms with Gasteiger partial charge in [-0.25, -0.2) is 4.79 Å². The summed E-state index contributed by atoms with van der Waals surface area (Å²) in [5.74, 6) is 0.829. The zero-order valence-corrected chi connectivity index (χ0v) is 13.9. The molecule has 5 heteroatoms. The van der Waals surface area contributed by atoms with Crippen molar-refractivity contribution in [3.63, 3.8) is 0 Å². The van der Waals surface area contributed by atoms with Crippen molar-refractivity contribution in [2.24, 2.45) is 0 Å². The summed E-state index contributed by atoms with van der Waals surface area (Å²) in [6.07, 6.45) is 0. The first-order valence-electron chi connectivity index (χ1n) is 7.51. The minimum Gasteiger partial charge on any atom is -0.497 e. The third-order valence-corrected chi connectivity index (χ3v) is 3.92. The summed E-state index contributed by atoms with van der Waals surface area (Å²) in [5, 5.41) is 8.45. The van der Waals surface area contributed by atoms with Gasteiger partial charge < -0.3 is 15.4 Å². The van der Waals surface area contributed by atoms with Gasteiger partial charge in [-0.05, 0) is 58.8 Å². The first-order chi connectivity index (χ1) is 11.6. The fraction of sp³-hybridized carbons (Fsp3) is 0.105. The minimum atomic E-state index is -0.257. The molecule has 4 nitrogen and oxygen atoms in total. The summed E-state index contributed by atoms with van der Waals surface area (Å²) in [5.41, 5.74) is 1.72. The Bertz CT molecular complexity index is 863. The molecule has 0 radical (unpaired) electrons. The van der Waals surface area contributed by atoms with Crippen molar-refractivity contribution in [3.05, 3.63) is 71.2 Å². The third-order valence-electron chi connectivity index (χ3n) is 3.67. The Morgan fingerprint density at radius 2 is 1.71 bits per heavy atom. The first-order valence-corrected chi connectivity index (χ1v) is 7.89. The molecule has 3 aromatic carbocycles. The van der Waals surface area contributed by atoms with Crippen molar-refractivity contribution in [2.75, 3.05) is 12.4 Å². The summed E-state index contributed by atoms with van der Waals surface area (Å²) < 4.78 is 5.22. The number of halogens is 1. The highest BCUT2D eigenvalue weighted by molar-refractivity contribution is 6.30. The standard InChI is InChI=1S/C19H17ClN2O2/c1-24-18-9-4-14-10-13(2-3-15(14)11-18)12-21-19(23)22-17-7-5-16(20)6-8-17/h2-11H,12H2,1H3,(H2,21,22,23). The molecule has 0 aliphatic heterocycles. The number of benzene rings is 3. The van der Waals surface area contributed by atoms with Crippen LogP contribution in [0, 0.1) is 0 Å². The maximum Gasteiger partial charge on any atom is 0.319 e. The number of nitrogens with one attached hydrogen (secondary N) is 2. The minimum absolute atomic E-state index is 0.257. The van der Waals surface area contributed by atoms with Crippen molar-refractivity contribution in [1.29, 1.82) is 0 Å². The van der Waals surface area contributed by atoms with E-state index in [1.807, 2.05) is 30.3 Å². The number of anilines is 1. The van der Waals surface area contributed by atoms with Gasteiger partial charge in [-0.15, -0.1) is 0 Å². The van der Waals surface area contributed by atoms with Crippen molar-refractivity contribution < 1.29 is 9.53 Å². The number of rotatable bonds is 4. The summed E-state index contributed by atoms with van der Waals surface area (Å²) in [6.45, 7) is 0.446. The summed E-state index contributed by atoms with van der Waals surface area (Å²) in [6, 6.07) is 18.7. The molecule has 0 saturated heterocycles. The fourth-order valence-corrected chi connectivity index (χ4v) is 2.53. The van der Waals surface area contributed by atoms with Crippen LogP contribution >= 0.6 is 11.6 Å². The Morgan fingerprint density at radius 1 is 1.00 bits per heavy atom. The van der Waals surface area contributed by atoms with Gasteiger partial charge in [0.2, 0.25) is 0 Å². The molecule has 0 aromatic heterocycles. The second kappa shape index (κ2) is 7.23. The lowest BCUT2D eigenvalue weighted by Crippen LogP contribution is -2.28. The SMILES string of the molecule is COc1ccc2cc(CNC(=O)Nc3ccc(Cl)cc3)ccc2c1. The average molecular weight is 341 g/mol. The quantitative estimate of drug-likeness (QED) is 0.715. The molecule has 0 unspecified atom stereocenters. The van der Waals surface area contributed by atoms with Gasteiger partial charge in [0.05, 0.1) is 7.11 Å². The van der Waals surface area contributed by atoms with Gasteiger partial charge in [-0.3, -0.25) is 0 Å². The van der Waals surface area contributed by atoms with Crippen LogP contribution in [0.2, 0.25) is 5.02 Å². The molecule has 122 valence electrons. The number of methoxy groups -OCH3 is 1. The Morgan fingerprint density at radius 3 is 2.46 bits per heavy atom. The van der Waals surface area contributed by atoms with Crippen LogP contribution < -0.4 is 15.4 Å². The molecular weight excluding hydrogens is 324 g/mol. The highest BCUT2D eigenvalue weighted by Crippen LogP contribution is 2.21. The molecule has 0 fully saturated rings. The topological polar surface area (TPSA) is 50.4 Å². The molecule has 2 N–H and O–H groups in total. The monoisotopic (exact) mass is 340 g/mol. The Balaban J connectivity index is 1.62. The maximum absolute atomic E-state index is 11.9. The lowest BCUT2D eigenvalue weighted by molar-refractivity contribution is 0.251. The van der Waals surface area contributed by atoms with E-state index in [0.717, 1.165) is 22.1 Å². The van der Waals surface area contributed by atoms with Crippen molar-refractivity contribution in [3.8, 4) is 5.75 Å². The molecule has 0 aliphatic carbocycles. The number of ether oxygens (including phenoxy) is 1. The predicted octanol–water partition coefficient (Wildman–Crippen LogP) is 4.82. The number of hydrogen-bond acceptors (Lipinski definition) is 2. The lowest BCUT2D eigenvalue weighted by atomic mass is 10.1. The predicted molar refractivity (Wildman–Crippen MR) is 97.8 cm³/mol. The molecule has 0 heterocycles. The van der Waals surface area contributed by atoms with E-state index in [4.69, 9.17) is 16.3 Å². The van der Waals surface area contributed by atoms with E-state index in [0.29, 0.717) is 17.3 Å². The van der Waals surface area contributed by atoms with Crippen LogP contribution in [0.1, 0.15) is 5.56 Å². The van der Waals surface area contributed by atoms with E-state index in [-0.39, 0.29) is 6.03 Å². The number of amides is 2. The Hall–Kier alpha value is -2.72. The highest BCUT2D eigenvalue weighted by Gasteiger charge is 2.03. The van der Waals surface area contributed by atoms with E-state index in [1.165, 1.54) is 0 Å². The summed E-state index contributed by atoms with van der Waals surface area (Å²) >= 11 is 5.82. The number of fused-ring (bicyclic) bond motifs is 1. The molecule has 0 aliphatic rings. The van der Waals surface area contributed by atoms with Gasteiger partial charge in [0.1, 0.15) is 5.75 Å². The van der Waals surface area contributed by atoms with Crippen LogP contribution in [0.5, 0.6) is 5.75 Å². The molecule has 2 amide bonds. The van der Waals surface area contributed by atoms with Crippen LogP contribution in [0.15, 0.2) is 60.7 Å². The molecule has 0 bridgehead atoms. The van der Waals surface area contributed by atoms with E-state index in [2.05, 4.69) is 16.7 Å². The summed E-state index contributed by atoms with van der Waals surface area (Å²) in [7, 11) is 1.65. The zero-order chi connectivity index (χ0) is 16.9. The molecule has 0 saturated carbocycles. The van der Waals surface area contributed by atoms with Gasteiger partial charge in [0.15, 0.2) is 0 Å². The number of carbonyl (C=O) groups excluding carboxylic acids is 1. The molecule has 0 spiro atoms. The molecule has 0 atom stereocenters. The normalized spacial score (nSPS) is 10.4. The lowest BCUT2D eigenvalue weighted by Gasteiger charge is -2.09. The van der Waals surface area contributed by atoms with Crippen LogP contribution in [0.3, 0.4) is 0 Å². The van der Waals surface area contributed by atoms with Gasteiger partial charge in [-0.1, -0.05) is 29.8 Å². The van der Waals surface area contributed by atoms with Crippen LogP contribution in [-0.4, -0.2) is 13.1 Å². The van der Waals surface area contributed by atoms with Gasteiger partial charge in [-0.2, -0.15) is 0 Å². The van der Waals surface area contributed by atoms with Crippen LogP contribution in [0.25, 0.3) is 10.8 Å². The van der Waals surface area contributed by atoms with E-state index >= 15 is 0 Å². The third kappa shape index (κ3) is 3.97. The molecule has 3 aromatic rings. The zero-order valence-electron chi connectivity index (χ0n) is 13.2. The van der Waals surface area contributed by atoms with Crippen molar-refractivity contribution >= 4 is 34.1 Å². The van der Waals surface area contributed by atoms with Crippen LogP contribution in [-0.2, 0) is 6.54 Å². The maximum atomic E-state index is 11.9. The first kappa shape index (κ1) is 16.1. The van der Waals surface area contributed by atoms with Gasteiger partial charge in [0.25, 0.3) is 0 Å². The summed E-state index contributed by atoms with van der Waals surface area (Å²) in [4.78, 5) is 11.9. The largest absolute Gasteiger partial charge is 0.497 e. The van der Waals surface area contributed by atoms with Crippen LogP contribution in [0.4, 0.5) is 10.5 Å².